The Morgan fingerprint density at radius 1 is 0.778 bits per heavy atom. The quantitative estimate of drug-likeness (QED) is 0.588. The van der Waals surface area contributed by atoms with E-state index in [1.807, 2.05) is 0 Å². The Balaban J connectivity index is 2.61. The Bertz CT molecular complexity index is 1010. The van der Waals surface area contributed by atoms with E-state index >= 15 is 0 Å². The molecule has 2 aromatic rings. The van der Waals surface area contributed by atoms with Gasteiger partial charge in [0.25, 0.3) is 0 Å². The van der Waals surface area contributed by atoms with E-state index in [4.69, 9.17) is 27.9 Å². The highest BCUT2D eigenvalue weighted by Crippen LogP contribution is 2.36. The summed E-state index contributed by atoms with van der Waals surface area (Å²) in [5, 5.41) is -0.708. The van der Waals surface area contributed by atoms with E-state index < -0.39 is 42.8 Å². The molecule has 0 saturated carbocycles. The number of sulfone groups is 2. The highest BCUT2D eigenvalue weighted by atomic mass is 35.5. The first kappa shape index (κ1) is 21.9. The molecule has 0 aliphatic heterocycles. The topological polar surface area (TPSA) is 77.5 Å². The van der Waals surface area contributed by atoms with E-state index in [1.54, 1.807) is 0 Å². The van der Waals surface area contributed by atoms with Gasteiger partial charge in [0.15, 0.2) is 42.8 Å². The normalized spacial score (nSPS) is 12.2. The minimum absolute atomic E-state index is 0.300. The molecule has 148 valence electrons. The van der Waals surface area contributed by atoms with Crippen LogP contribution in [0, 0.1) is 11.6 Å². The van der Waals surface area contributed by atoms with Crippen molar-refractivity contribution in [3.05, 3.63) is 45.9 Å². The van der Waals surface area contributed by atoms with Gasteiger partial charge in [-0.2, -0.15) is 0 Å². The zero-order chi connectivity index (χ0) is 20.6. The number of hydrogen-bond acceptors (Lipinski definition) is 5. The van der Waals surface area contributed by atoms with Crippen molar-refractivity contribution in [3.63, 3.8) is 0 Å². The van der Waals surface area contributed by atoms with Crippen LogP contribution in [-0.4, -0.2) is 28.3 Å². The van der Waals surface area contributed by atoms with E-state index in [1.165, 1.54) is 13.8 Å². The van der Waals surface area contributed by atoms with Gasteiger partial charge in [-0.15, -0.1) is 0 Å². The van der Waals surface area contributed by atoms with Crippen molar-refractivity contribution in [1.82, 2.24) is 0 Å². The van der Waals surface area contributed by atoms with Crippen LogP contribution < -0.4 is 4.74 Å². The second-order valence-electron chi connectivity index (χ2n) is 5.34. The summed E-state index contributed by atoms with van der Waals surface area (Å²) in [6.07, 6.45) is 0. The predicted molar refractivity (Wildman–Crippen MR) is 98.3 cm³/mol. The number of rotatable bonds is 6. The highest BCUT2D eigenvalue weighted by Gasteiger charge is 2.23. The van der Waals surface area contributed by atoms with Crippen molar-refractivity contribution in [2.75, 3.05) is 11.5 Å². The van der Waals surface area contributed by atoms with E-state index in [0.29, 0.717) is 0 Å². The zero-order valence-electron chi connectivity index (χ0n) is 14.1. The smallest absolute Gasteiger partial charge is 0.179 e. The molecule has 5 nitrogen and oxygen atoms in total. The lowest BCUT2D eigenvalue weighted by Gasteiger charge is -2.13. The molecule has 0 aromatic heterocycles. The third-order valence-electron chi connectivity index (χ3n) is 3.62. The molecule has 2 aromatic carbocycles. The van der Waals surface area contributed by atoms with Gasteiger partial charge in [0.2, 0.25) is 0 Å². The average molecular weight is 459 g/mol. The standard InChI is InChI=1S/C16H14Cl2F2O5S2/c1-3-26(21,22)15-7-13(11(19)5-9(15)17)25-14-8-16(27(23,24)4-2)10(18)6-12(14)20/h5-8H,3-4H2,1-2H3. The van der Waals surface area contributed by atoms with Gasteiger partial charge in [0.05, 0.1) is 31.3 Å². The van der Waals surface area contributed by atoms with E-state index in [-0.39, 0.29) is 31.3 Å². The molecule has 0 aliphatic carbocycles. The van der Waals surface area contributed by atoms with Crippen molar-refractivity contribution >= 4 is 42.9 Å². The molecule has 0 amide bonds. The van der Waals surface area contributed by atoms with Gasteiger partial charge < -0.3 is 4.74 Å². The maximum absolute atomic E-state index is 14.1. The maximum Gasteiger partial charge on any atom is 0.179 e. The summed E-state index contributed by atoms with van der Waals surface area (Å²) in [5.41, 5.74) is 0. The van der Waals surface area contributed by atoms with Gasteiger partial charge >= 0.3 is 0 Å². The molecule has 0 saturated heterocycles. The van der Waals surface area contributed by atoms with Crippen LogP contribution in [0.3, 0.4) is 0 Å². The second kappa shape index (κ2) is 7.90. The summed E-state index contributed by atoms with van der Waals surface area (Å²) in [4.78, 5) is -0.780. The molecular formula is C16H14Cl2F2O5S2. The summed E-state index contributed by atoms with van der Waals surface area (Å²) < 4.78 is 81.6. The molecule has 27 heavy (non-hydrogen) atoms. The van der Waals surface area contributed by atoms with E-state index in [2.05, 4.69) is 0 Å². The Labute approximate surface area is 165 Å². The molecule has 0 N–H and O–H groups in total. The summed E-state index contributed by atoms with van der Waals surface area (Å²) in [6, 6.07) is 3.07. The first-order valence-corrected chi connectivity index (χ1v) is 11.6. The van der Waals surface area contributed by atoms with Crippen molar-refractivity contribution in [2.45, 2.75) is 23.6 Å². The lowest BCUT2D eigenvalue weighted by Crippen LogP contribution is -2.07. The van der Waals surface area contributed by atoms with Crippen LogP contribution in [0.15, 0.2) is 34.1 Å². The SMILES string of the molecule is CCS(=O)(=O)c1cc(Oc2cc(S(=O)(=O)CC)c(Cl)cc2F)c(F)cc1Cl. The average Bonchev–Trinajstić information content (AvgIpc) is 2.58. The maximum atomic E-state index is 14.1. The lowest BCUT2D eigenvalue weighted by atomic mass is 10.3. The Morgan fingerprint density at radius 2 is 1.11 bits per heavy atom. The van der Waals surface area contributed by atoms with Gasteiger partial charge in [-0.05, 0) is 12.1 Å². The monoisotopic (exact) mass is 458 g/mol. The summed E-state index contributed by atoms with van der Waals surface area (Å²) in [5.74, 6) is -3.97. The lowest BCUT2D eigenvalue weighted by molar-refractivity contribution is 0.411. The molecule has 0 radical (unpaired) electrons. The van der Waals surface area contributed by atoms with Gasteiger partial charge in [-0.25, -0.2) is 25.6 Å². The highest BCUT2D eigenvalue weighted by molar-refractivity contribution is 7.91. The molecule has 11 heteroatoms. The zero-order valence-corrected chi connectivity index (χ0v) is 17.2. The Kier molecular flexibility index (Phi) is 6.40. The number of benzene rings is 2. The second-order valence-corrected chi connectivity index (χ2v) is 10.6. The van der Waals surface area contributed by atoms with Crippen molar-refractivity contribution in [1.29, 1.82) is 0 Å². The Hall–Kier alpha value is -1.42. The van der Waals surface area contributed by atoms with Crippen LogP contribution in [0.4, 0.5) is 8.78 Å². The Morgan fingerprint density at radius 3 is 1.41 bits per heavy atom. The first-order valence-electron chi connectivity index (χ1n) is 7.54. The first-order chi connectivity index (χ1) is 12.4. The van der Waals surface area contributed by atoms with Crippen LogP contribution in [-0.2, 0) is 19.7 Å². The molecular weight excluding hydrogens is 445 g/mol. The third kappa shape index (κ3) is 4.53. The van der Waals surface area contributed by atoms with Crippen LogP contribution >= 0.6 is 23.2 Å². The predicted octanol–water partition coefficient (Wildman–Crippen LogP) is 4.65. The molecule has 0 fully saturated rings. The largest absolute Gasteiger partial charge is 0.451 e. The molecule has 0 heterocycles. The molecule has 0 spiro atoms. The number of halogens is 4. The number of ether oxygens (including phenoxy) is 1. The molecule has 2 rings (SSSR count). The summed E-state index contributed by atoms with van der Waals surface area (Å²) >= 11 is 11.6. The van der Waals surface area contributed by atoms with E-state index in [0.717, 1.165) is 24.3 Å². The fourth-order valence-electron chi connectivity index (χ4n) is 2.08. The van der Waals surface area contributed by atoms with Crippen molar-refractivity contribution in [2.24, 2.45) is 0 Å². The van der Waals surface area contributed by atoms with Gasteiger partial charge in [-0.1, -0.05) is 37.0 Å². The van der Waals surface area contributed by atoms with Gasteiger partial charge in [-0.3, -0.25) is 0 Å². The molecule has 0 bridgehead atoms. The fourth-order valence-corrected chi connectivity index (χ4v) is 5.00. The minimum Gasteiger partial charge on any atom is -0.451 e. The van der Waals surface area contributed by atoms with Crippen LogP contribution in [0.5, 0.6) is 11.5 Å². The van der Waals surface area contributed by atoms with Crippen LogP contribution in [0.25, 0.3) is 0 Å². The number of hydrogen-bond donors (Lipinski definition) is 0. The fraction of sp³-hybridized carbons (Fsp3) is 0.250. The summed E-state index contributed by atoms with van der Waals surface area (Å²) in [6.45, 7) is 2.74. The van der Waals surface area contributed by atoms with Gasteiger partial charge in [0, 0.05) is 12.1 Å². The minimum atomic E-state index is -3.80. The van der Waals surface area contributed by atoms with Crippen LogP contribution in [0.1, 0.15) is 13.8 Å². The molecule has 0 aliphatic rings. The third-order valence-corrected chi connectivity index (χ3v) is 8.01. The molecule has 0 atom stereocenters. The molecule has 0 unspecified atom stereocenters. The van der Waals surface area contributed by atoms with Gasteiger partial charge in [0.1, 0.15) is 0 Å². The van der Waals surface area contributed by atoms with E-state index in [9.17, 15) is 25.6 Å². The van der Waals surface area contributed by atoms with Crippen molar-refractivity contribution < 1.29 is 30.4 Å². The van der Waals surface area contributed by atoms with Crippen molar-refractivity contribution in [3.8, 4) is 11.5 Å². The van der Waals surface area contributed by atoms with Crippen LogP contribution in [0.2, 0.25) is 10.0 Å². The summed E-state index contributed by atoms with van der Waals surface area (Å²) in [7, 11) is -7.60.